The van der Waals surface area contributed by atoms with Crippen LogP contribution in [-0.4, -0.2) is 19.9 Å². The summed E-state index contributed by atoms with van der Waals surface area (Å²) >= 11 is 0. The number of hydrogen-bond donors (Lipinski definition) is 0. The molecule has 0 radical (unpaired) electrons. The van der Waals surface area contributed by atoms with E-state index in [1.807, 2.05) is 0 Å². The van der Waals surface area contributed by atoms with Crippen molar-refractivity contribution in [3.63, 3.8) is 0 Å². The fourth-order valence-corrected chi connectivity index (χ4v) is 12.5. The Morgan fingerprint density at radius 1 is 0.456 bits per heavy atom. The Bertz CT molecular complexity index is 3630. The summed E-state index contributed by atoms with van der Waals surface area (Å²) in [6, 6.07) is 63.0. The zero-order chi connectivity index (χ0) is 55.3. The van der Waals surface area contributed by atoms with Gasteiger partial charge in [-0.2, -0.15) is 0 Å². The number of allylic oxidation sites excluding steroid dienone is 4. The fraction of sp³-hybridized carbons (Fsp3) is 0.297. The minimum Gasteiger partial charge on any atom is -0.490 e. The van der Waals surface area contributed by atoms with Crippen molar-refractivity contribution in [1.82, 2.24) is 0 Å². The lowest BCUT2D eigenvalue weighted by atomic mass is 9.32. The highest BCUT2D eigenvalue weighted by molar-refractivity contribution is 6.95. The lowest BCUT2D eigenvalue weighted by molar-refractivity contribution is 0.297. The molecule has 1 aliphatic carbocycles. The van der Waals surface area contributed by atoms with E-state index in [0.717, 1.165) is 41.4 Å². The van der Waals surface area contributed by atoms with E-state index >= 15 is 0 Å². The van der Waals surface area contributed by atoms with Gasteiger partial charge in [-0.1, -0.05) is 204 Å². The second kappa shape index (κ2) is 19.4. The van der Waals surface area contributed by atoms with E-state index in [2.05, 4.69) is 276 Å². The van der Waals surface area contributed by atoms with Gasteiger partial charge in [-0.15, -0.1) is 0 Å². The maximum atomic E-state index is 6.66. The van der Waals surface area contributed by atoms with Gasteiger partial charge in [0.25, 0.3) is 6.71 Å². The number of fused-ring (bicyclic) bond motifs is 4. The molecule has 0 N–H and O–H groups in total. The fourth-order valence-electron chi connectivity index (χ4n) is 12.5. The van der Waals surface area contributed by atoms with Gasteiger partial charge < -0.3 is 19.3 Å². The largest absolute Gasteiger partial charge is 0.490 e. The highest BCUT2D eigenvalue weighted by Gasteiger charge is 2.46. The van der Waals surface area contributed by atoms with Gasteiger partial charge in [-0.25, -0.2) is 0 Å². The molecule has 5 heteroatoms. The average Bonchev–Trinajstić information content (AvgIpc) is 3.52. The third-order valence-electron chi connectivity index (χ3n) is 17.1. The first-order valence-corrected chi connectivity index (χ1v) is 28.9. The van der Waals surface area contributed by atoms with Gasteiger partial charge >= 0.3 is 0 Å². The van der Waals surface area contributed by atoms with E-state index in [1.165, 1.54) is 100 Å². The highest BCUT2D eigenvalue weighted by atomic mass is 16.5. The summed E-state index contributed by atoms with van der Waals surface area (Å²) in [6.45, 7) is 31.0. The first kappa shape index (κ1) is 52.2. The molecule has 398 valence electrons. The summed E-state index contributed by atoms with van der Waals surface area (Å²) in [5.74, 6) is 1.77. The molecule has 0 aromatic heterocycles. The number of ether oxygens (including phenoxy) is 2. The molecule has 0 amide bonds. The number of benzene rings is 8. The van der Waals surface area contributed by atoms with Crippen LogP contribution in [0, 0.1) is 6.92 Å². The number of hydrogen-bond acceptors (Lipinski definition) is 4. The van der Waals surface area contributed by atoms with E-state index in [0.29, 0.717) is 13.2 Å². The van der Waals surface area contributed by atoms with Crippen LogP contribution < -0.4 is 30.2 Å². The number of anilines is 5. The predicted octanol–water partition coefficient (Wildman–Crippen LogP) is 18.4. The third kappa shape index (κ3) is 9.72. The van der Waals surface area contributed by atoms with Crippen molar-refractivity contribution in [2.75, 3.05) is 23.0 Å². The summed E-state index contributed by atoms with van der Waals surface area (Å²) in [5, 5.41) is 0. The smallest absolute Gasteiger partial charge is 0.251 e. The average molecular weight is 1040 g/mol. The van der Waals surface area contributed by atoms with E-state index in [9.17, 15) is 0 Å². The van der Waals surface area contributed by atoms with E-state index in [-0.39, 0.29) is 34.3 Å². The lowest BCUT2D eigenvalue weighted by Gasteiger charge is -2.47. The van der Waals surface area contributed by atoms with Crippen LogP contribution >= 0.6 is 0 Å². The molecule has 8 aromatic rings. The molecule has 1 unspecified atom stereocenters. The van der Waals surface area contributed by atoms with Gasteiger partial charge in [0.15, 0.2) is 11.5 Å². The first-order valence-electron chi connectivity index (χ1n) is 28.9. The second-order valence-corrected chi connectivity index (χ2v) is 26.9. The molecule has 3 aliphatic heterocycles. The summed E-state index contributed by atoms with van der Waals surface area (Å²) in [5.41, 5.74) is 26.0. The molecule has 8 aromatic carbocycles. The van der Waals surface area contributed by atoms with Gasteiger partial charge in [-0.3, -0.25) is 0 Å². The van der Waals surface area contributed by atoms with Gasteiger partial charge in [0.05, 0.1) is 18.9 Å². The predicted molar refractivity (Wildman–Crippen MR) is 336 cm³/mol. The number of nitrogens with zero attached hydrogens (tertiary/aromatic N) is 2. The Kier molecular flexibility index (Phi) is 12.8. The Hall–Kier alpha value is -7.50. The summed E-state index contributed by atoms with van der Waals surface area (Å²) < 4.78 is 13.3. The van der Waals surface area contributed by atoms with Crippen LogP contribution in [-0.2, 0) is 21.7 Å². The zero-order valence-corrected chi connectivity index (χ0v) is 48.9. The molecule has 0 bridgehead atoms. The van der Waals surface area contributed by atoms with Gasteiger partial charge in [-0.05, 0) is 161 Å². The van der Waals surface area contributed by atoms with Crippen molar-refractivity contribution >= 4 is 46.1 Å². The van der Waals surface area contributed by atoms with Crippen molar-refractivity contribution in [2.24, 2.45) is 0 Å². The Labute approximate surface area is 471 Å². The molecular weight excluding hydrogens is 960 g/mol. The van der Waals surface area contributed by atoms with Gasteiger partial charge in [0.2, 0.25) is 0 Å². The SMILES string of the molecule is Cc1cc2c3c(c1)N(c1ccc(C(C)(C)C)cc1-c1ccccc1)c1cc4c(cc1B3C1=C(CC(c3ccc(C(C)(C)C)cc3)C=C1)N2c1cc(-c2ccc(C(C)(C)C)cc2)cc(-c2ccc(C(C)(C)C)cc2)c1)OCCCO4. The molecule has 0 saturated carbocycles. The molecule has 0 fully saturated rings. The quantitative estimate of drug-likeness (QED) is 0.155. The maximum Gasteiger partial charge on any atom is 0.251 e. The van der Waals surface area contributed by atoms with Crippen LogP contribution in [0.1, 0.15) is 135 Å². The summed E-state index contributed by atoms with van der Waals surface area (Å²) in [4.78, 5) is 5.23. The molecule has 79 heavy (non-hydrogen) atoms. The molecular formula is C74H77BN2O2. The number of rotatable bonds is 6. The second-order valence-electron chi connectivity index (χ2n) is 26.9. The molecule has 4 aliphatic rings. The Morgan fingerprint density at radius 2 is 0.975 bits per heavy atom. The molecule has 3 heterocycles. The van der Waals surface area contributed by atoms with Crippen molar-refractivity contribution in [3.05, 3.63) is 220 Å². The highest BCUT2D eigenvalue weighted by Crippen LogP contribution is 2.52. The summed E-state index contributed by atoms with van der Waals surface area (Å²) in [6.07, 6.45) is 6.64. The normalized spacial score (nSPS) is 16.1. The monoisotopic (exact) mass is 1040 g/mol. The Morgan fingerprint density at radius 3 is 1.53 bits per heavy atom. The summed E-state index contributed by atoms with van der Waals surface area (Å²) in [7, 11) is 0. The van der Waals surface area contributed by atoms with E-state index in [1.54, 1.807) is 0 Å². The van der Waals surface area contributed by atoms with Crippen LogP contribution in [0.2, 0.25) is 0 Å². The van der Waals surface area contributed by atoms with Crippen molar-refractivity contribution < 1.29 is 9.47 Å². The number of aryl methyl sites for hydroxylation is 1. The molecule has 4 nitrogen and oxygen atoms in total. The van der Waals surface area contributed by atoms with Gasteiger partial charge in [0, 0.05) is 52.4 Å². The van der Waals surface area contributed by atoms with E-state index in [4.69, 9.17) is 9.47 Å². The third-order valence-corrected chi connectivity index (χ3v) is 17.1. The van der Waals surface area contributed by atoms with Crippen molar-refractivity contribution in [3.8, 4) is 44.9 Å². The topological polar surface area (TPSA) is 24.9 Å². The molecule has 1 atom stereocenters. The van der Waals surface area contributed by atoms with Crippen LogP contribution in [0.5, 0.6) is 11.5 Å². The van der Waals surface area contributed by atoms with Gasteiger partial charge in [0.1, 0.15) is 0 Å². The van der Waals surface area contributed by atoms with Crippen molar-refractivity contribution in [2.45, 2.75) is 130 Å². The molecule has 0 saturated heterocycles. The Balaban J connectivity index is 1.14. The minimum absolute atomic E-state index is 0.0383. The zero-order valence-electron chi connectivity index (χ0n) is 48.9. The molecule has 0 spiro atoms. The standard InChI is InChI=1S/C74H77BN2O2/c1-47-38-66-70-67(39-47)77(63-35-33-58(74(11,12)13)44-60(63)51-18-15-14-16-19-51)65-46-69-68(78-36-17-37-79-69)45-62(65)75(70)61-34-26-52(48-20-27-55(28-21-48)71(2,3)4)43-64(61)76(66)59-41-53(49-22-29-56(30-23-49)72(5,6)7)40-54(42-59)50-24-31-57(32-25-50)73(8,9)10/h14-16,18-35,38-42,44-46,52H,17,36-37,43H2,1-13H3. The maximum absolute atomic E-state index is 6.66. The van der Waals surface area contributed by atoms with Crippen molar-refractivity contribution in [1.29, 1.82) is 0 Å². The van der Waals surface area contributed by atoms with E-state index < -0.39 is 0 Å². The van der Waals surface area contributed by atoms with Crippen LogP contribution in [0.25, 0.3) is 33.4 Å². The minimum atomic E-state index is -0.0905. The van der Waals surface area contributed by atoms with Crippen LogP contribution in [0.4, 0.5) is 28.4 Å². The first-order chi connectivity index (χ1) is 37.6. The molecule has 12 rings (SSSR count). The van der Waals surface area contributed by atoms with Crippen LogP contribution in [0.15, 0.2) is 187 Å². The lowest BCUT2D eigenvalue weighted by Crippen LogP contribution is -2.56. The van der Waals surface area contributed by atoms with Crippen LogP contribution in [0.3, 0.4) is 0 Å².